The molecule has 0 saturated carbocycles. The van der Waals surface area contributed by atoms with Gasteiger partial charge in [-0.05, 0) is 18.9 Å². The molecule has 0 bridgehead atoms. The van der Waals surface area contributed by atoms with Crippen LogP contribution in [0.25, 0.3) is 0 Å². The van der Waals surface area contributed by atoms with Crippen LogP contribution in [0, 0.1) is 5.41 Å². The van der Waals surface area contributed by atoms with Crippen molar-refractivity contribution in [1.82, 2.24) is 5.32 Å². The Kier molecular flexibility index (Phi) is 4.73. The van der Waals surface area contributed by atoms with Crippen LogP contribution in [0.1, 0.15) is 12.5 Å². The third kappa shape index (κ3) is 4.28. The lowest BCUT2D eigenvalue weighted by atomic mass is 10.0. The first-order chi connectivity index (χ1) is 7.59. The van der Waals surface area contributed by atoms with Gasteiger partial charge in [0.15, 0.2) is 0 Å². The number of rotatable bonds is 6. The van der Waals surface area contributed by atoms with E-state index in [1.54, 1.807) is 6.92 Å². The molecule has 0 fully saturated rings. The van der Waals surface area contributed by atoms with E-state index in [-0.39, 0.29) is 11.8 Å². The molecule has 1 unspecified atom stereocenters. The molecule has 3 nitrogen and oxygen atoms in total. The van der Waals surface area contributed by atoms with Gasteiger partial charge in [0, 0.05) is 12.3 Å². The van der Waals surface area contributed by atoms with E-state index in [9.17, 15) is 5.11 Å². The normalized spacial score (nSPS) is 12.1. The van der Waals surface area contributed by atoms with Gasteiger partial charge < -0.3 is 15.8 Å². The van der Waals surface area contributed by atoms with Gasteiger partial charge in [0.05, 0.1) is 6.04 Å². The molecule has 0 aliphatic rings. The second-order valence-electron chi connectivity index (χ2n) is 3.89. The molecule has 86 valence electrons. The Hall–Kier alpha value is -1.61. The summed E-state index contributed by atoms with van der Waals surface area (Å²) in [5, 5.41) is 19.9. The third-order valence-corrected chi connectivity index (χ3v) is 2.30. The Morgan fingerprint density at radius 3 is 2.56 bits per heavy atom. The van der Waals surface area contributed by atoms with E-state index in [0.717, 1.165) is 5.56 Å². The average Bonchev–Trinajstić information content (AvgIpc) is 2.25. The minimum Gasteiger partial charge on any atom is -0.511 e. The van der Waals surface area contributed by atoms with Crippen LogP contribution in [0.3, 0.4) is 0 Å². The number of benzene rings is 1. The van der Waals surface area contributed by atoms with E-state index in [4.69, 9.17) is 5.41 Å². The number of hydrogen-bond donors (Lipinski definition) is 3. The zero-order valence-corrected chi connectivity index (χ0v) is 9.53. The lowest BCUT2D eigenvalue weighted by molar-refractivity contribution is 0.346. The molecule has 1 rings (SSSR count). The summed E-state index contributed by atoms with van der Waals surface area (Å²) >= 11 is 0. The van der Waals surface area contributed by atoms with Crippen LogP contribution in [0.2, 0.25) is 0 Å². The van der Waals surface area contributed by atoms with Gasteiger partial charge in [-0.2, -0.15) is 0 Å². The largest absolute Gasteiger partial charge is 0.511 e. The summed E-state index contributed by atoms with van der Waals surface area (Å²) in [7, 11) is 0. The molecule has 0 radical (unpaired) electrons. The van der Waals surface area contributed by atoms with Crippen LogP contribution in [-0.4, -0.2) is 23.4 Å². The predicted molar refractivity (Wildman–Crippen MR) is 67.1 cm³/mol. The molecule has 0 aliphatic carbocycles. The number of aliphatic hydroxyl groups is 1. The molecular formula is C13H18N2O. The Bertz CT molecular complexity index is 359. The summed E-state index contributed by atoms with van der Waals surface area (Å²) in [4.78, 5) is 0. The maximum absolute atomic E-state index is 9.46. The van der Waals surface area contributed by atoms with Gasteiger partial charge in [-0.15, -0.1) is 0 Å². The molecule has 0 aliphatic heterocycles. The molecule has 3 heteroatoms. The van der Waals surface area contributed by atoms with Gasteiger partial charge in [0.25, 0.3) is 0 Å². The van der Waals surface area contributed by atoms with E-state index in [1.165, 1.54) is 0 Å². The Morgan fingerprint density at radius 2 is 2.06 bits per heavy atom. The maximum Gasteiger partial charge on any atom is 0.102 e. The van der Waals surface area contributed by atoms with Crippen LogP contribution >= 0.6 is 0 Å². The number of hydrogen-bond acceptors (Lipinski definition) is 3. The average molecular weight is 218 g/mol. The fraction of sp³-hybridized carbons (Fsp3) is 0.308. The molecule has 3 N–H and O–H groups in total. The molecule has 16 heavy (non-hydrogen) atoms. The zero-order chi connectivity index (χ0) is 12.0. The lowest BCUT2D eigenvalue weighted by Gasteiger charge is -2.17. The molecule has 0 aromatic heterocycles. The van der Waals surface area contributed by atoms with Crippen molar-refractivity contribution >= 4 is 5.71 Å². The fourth-order valence-electron chi connectivity index (χ4n) is 1.43. The molecule has 1 atom stereocenters. The fourth-order valence-corrected chi connectivity index (χ4v) is 1.43. The molecule has 1 aromatic rings. The summed E-state index contributed by atoms with van der Waals surface area (Å²) in [5.74, 6) is 0.116. The van der Waals surface area contributed by atoms with Gasteiger partial charge in [0.2, 0.25) is 0 Å². The topological polar surface area (TPSA) is 56.1 Å². The minimum absolute atomic E-state index is 0.116. The van der Waals surface area contributed by atoms with Crippen LogP contribution in [0.4, 0.5) is 0 Å². The van der Waals surface area contributed by atoms with E-state index in [2.05, 4.69) is 11.9 Å². The van der Waals surface area contributed by atoms with Crippen molar-refractivity contribution in [2.24, 2.45) is 0 Å². The van der Waals surface area contributed by atoms with E-state index >= 15 is 0 Å². The van der Waals surface area contributed by atoms with E-state index in [0.29, 0.717) is 18.7 Å². The van der Waals surface area contributed by atoms with Gasteiger partial charge in [-0.25, -0.2) is 0 Å². The van der Waals surface area contributed by atoms with Crippen molar-refractivity contribution in [1.29, 1.82) is 5.41 Å². The molecular weight excluding hydrogens is 200 g/mol. The first-order valence-corrected chi connectivity index (χ1v) is 5.28. The van der Waals surface area contributed by atoms with Crippen LogP contribution < -0.4 is 5.32 Å². The van der Waals surface area contributed by atoms with Crippen molar-refractivity contribution < 1.29 is 5.11 Å². The Balaban J connectivity index is 2.58. The smallest absolute Gasteiger partial charge is 0.102 e. The van der Waals surface area contributed by atoms with Crippen molar-refractivity contribution in [3.63, 3.8) is 0 Å². The van der Waals surface area contributed by atoms with Gasteiger partial charge >= 0.3 is 0 Å². The van der Waals surface area contributed by atoms with Crippen molar-refractivity contribution in [2.45, 2.75) is 19.4 Å². The van der Waals surface area contributed by atoms with Crippen molar-refractivity contribution in [3.05, 3.63) is 48.2 Å². The minimum atomic E-state index is -0.192. The molecule has 0 spiro atoms. The van der Waals surface area contributed by atoms with E-state index < -0.39 is 0 Å². The van der Waals surface area contributed by atoms with Gasteiger partial charge in [-0.3, -0.25) is 0 Å². The summed E-state index contributed by atoms with van der Waals surface area (Å²) in [6.45, 7) is 5.75. The summed E-state index contributed by atoms with van der Waals surface area (Å²) in [6, 6.07) is 9.72. The number of aliphatic hydroxyl groups excluding tert-OH is 1. The number of nitrogens with one attached hydrogen (secondary N) is 2. The second-order valence-corrected chi connectivity index (χ2v) is 3.89. The summed E-state index contributed by atoms with van der Waals surface area (Å²) < 4.78 is 0. The first-order valence-electron chi connectivity index (χ1n) is 5.28. The zero-order valence-electron chi connectivity index (χ0n) is 9.53. The van der Waals surface area contributed by atoms with Gasteiger partial charge in [0.1, 0.15) is 5.76 Å². The van der Waals surface area contributed by atoms with E-state index in [1.807, 2.05) is 30.3 Å². The highest BCUT2D eigenvalue weighted by Gasteiger charge is 2.11. The SMILES string of the molecule is C=C(O)C(Cc1ccccc1)NCC(C)=N. The van der Waals surface area contributed by atoms with Crippen LogP contribution in [0.5, 0.6) is 0 Å². The Labute approximate surface area is 96.3 Å². The van der Waals surface area contributed by atoms with Crippen molar-refractivity contribution in [3.8, 4) is 0 Å². The first kappa shape index (κ1) is 12.5. The Morgan fingerprint density at radius 1 is 1.44 bits per heavy atom. The molecule has 0 amide bonds. The summed E-state index contributed by atoms with van der Waals surface area (Å²) in [6.07, 6.45) is 0.684. The molecule has 0 saturated heterocycles. The maximum atomic E-state index is 9.46. The van der Waals surface area contributed by atoms with Gasteiger partial charge in [-0.1, -0.05) is 36.9 Å². The highest BCUT2D eigenvalue weighted by atomic mass is 16.3. The second kappa shape index (κ2) is 6.08. The highest BCUT2D eigenvalue weighted by Crippen LogP contribution is 2.07. The molecule has 1 aromatic carbocycles. The quantitative estimate of drug-likeness (QED) is 0.507. The van der Waals surface area contributed by atoms with Crippen LogP contribution in [-0.2, 0) is 6.42 Å². The third-order valence-electron chi connectivity index (χ3n) is 2.30. The predicted octanol–water partition coefficient (Wildman–Crippen LogP) is 2.30. The lowest BCUT2D eigenvalue weighted by Crippen LogP contribution is -2.35. The summed E-state index contributed by atoms with van der Waals surface area (Å²) in [5.41, 5.74) is 1.68. The monoisotopic (exact) mass is 218 g/mol. The highest BCUT2D eigenvalue weighted by molar-refractivity contribution is 5.80. The standard InChI is InChI=1S/C13H18N2O/c1-10(14)9-15-13(11(2)16)8-12-6-4-3-5-7-12/h3-7,13-16H,2,8-9H2,1H3. The molecule has 0 heterocycles. The van der Waals surface area contributed by atoms with Crippen molar-refractivity contribution in [2.75, 3.05) is 6.54 Å². The van der Waals surface area contributed by atoms with Crippen LogP contribution in [0.15, 0.2) is 42.7 Å².